The van der Waals surface area contributed by atoms with Gasteiger partial charge in [0.2, 0.25) is 0 Å². The van der Waals surface area contributed by atoms with E-state index in [0.717, 1.165) is 17.3 Å². The van der Waals surface area contributed by atoms with E-state index in [1.807, 2.05) is 36.4 Å². The monoisotopic (exact) mass is 441 g/mol. The predicted octanol–water partition coefficient (Wildman–Crippen LogP) is 6.42. The van der Waals surface area contributed by atoms with Crippen molar-refractivity contribution in [1.29, 1.82) is 5.26 Å². The second kappa shape index (κ2) is 12.8. The average molecular weight is 443 g/mol. The summed E-state index contributed by atoms with van der Waals surface area (Å²) in [5.41, 5.74) is 0.395. The Kier molecular flexibility index (Phi) is 11.0. The van der Waals surface area contributed by atoms with Gasteiger partial charge in [-0.05, 0) is 24.6 Å². The van der Waals surface area contributed by atoms with Gasteiger partial charge < -0.3 is 5.32 Å². The third-order valence-corrected chi connectivity index (χ3v) is 4.81. The molecule has 0 aliphatic carbocycles. The summed E-state index contributed by atoms with van der Waals surface area (Å²) in [5, 5.41) is 14.7. The van der Waals surface area contributed by atoms with Crippen LogP contribution in [0.25, 0.3) is 0 Å². The van der Waals surface area contributed by atoms with Crippen molar-refractivity contribution < 1.29 is 4.79 Å². The number of nitrogens with one attached hydrogen (secondary N) is 2. The minimum Gasteiger partial charge on any atom is -0.338 e. The molecular weight excluding hydrogens is 422 g/mol. The number of carbonyl (C=O) groups is 1. The molecule has 0 atom stereocenters. The van der Waals surface area contributed by atoms with Gasteiger partial charge in [-0.3, -0.25) is 5.32 Å². The standard InChI is InChI=1S/C12H16ClN3OS.C6H5Br/c1-2-3-4-5-6-15-12(17)16-11-9(8-14)7-10(13)18-11;7-6-4-2-1-3-5-6/h7H,2-6H2,1H3,(H2,15,16,17);1-5H. The van der Waals surface area contributed by atoms with E-state index in [1.165, 1.54) is 24.2 Å². The fourth-order valence-corrected chi connectivity index (χ4v) is 3.23. The number of carbonyl (C=O) groups excluding carboxylic acids is 1. The molecule has 0 radical (unpaired) electrons. The van der Waals surface area contributed by atoms with E-state index in [1.54, 1.807) is 6.07 Å². The van der Waals surface area contributed by atoms with Crippen LogP contribution < -0.4 is 10.6 Å². The maximum Gasteiger partial charge on any atom is 0.319 e. The molecule has 0 aliphatic heterocycles. The molecule has 0 saturated carbocycles. The third-order valence-electron chi connectivity index (χ3n) is 3.10. The molecule has 2 rings (SSSR count). The predicted molar refractivity (Wildman–Crippen MR) is 109 cm³/mol. The van der Waals surface area contributed by atoms with Gasteiger partial charge in [0.1, 0.15) is 11.1 Å². The second-order valence-electron chi connectivity index (χ2n) is 5.14. The summed E-state index contributed by atoms with van der Waals surface area (Å²) in [7, 11) is 0. The smallest absolute Gasteiger partial charge is 0.319 e. The molecule has 4 nitrogen and oxygen atoms in total. The van der Waals surface area contributed by atoms with Crippen molar-refractivity contribution in [2.45, 2.75) is 32.6 Å². The fraction of sp³-hybridized carbons (Fsp3) is 0.333. The van der Waals surface area contributed by atoms with Crippen molar-refractivity contribution in [3.8, 4) is 6.07 Å². The van der Waals surface area contributed by atoms with E-state index < -0.39 is 0 Å². The summed E-state index contributed by atoms with van der Waals surface area (Å²) in [6.07, 6.45) is 4.44. The Labute approximate surface area is 166 Å². The number of halogens is 2. The number of unbranched alkanes of at least 4 members (excludes halogenated alkanes) is 3. The zero-order valence-corrected chi connectivity index (χ0v) is 17.2. The highest BCUT2D eigenvalue weighted by Gasteiger charge is 2.10. The molecule has 134 valence electrons. The zero-order valence-electron chi connectivity index (χ0n) is 14.0. The molecule has 0 aliphatic rings. The Morgan fingerprint density at radius 2 is 2.00 bits per heavy atom. The van der Waals surface area contributed by atoms with Gasteiger partial charge in [0, 0.05) is 11.0 Å². The van der Waals surface area contributed by atoms with Gasteiger partial charge in [0.25, 0.3) is 0 Å². The Morgan fingerprint density at radius 1 is 1.28 bits per heavy atom. The van der Waals surface area contributed by atoms with Crippen molar-refractivity contribution in [3.63, 3.8) is 0 Å². The Bertz CT molecular complexity index is 685. The molecule has 0 spiro atoms. The third kappa shape index (κ3) is 9.49. The van der Waals surface area contributed by atoms with Crippen LogP contribution in [0.15, 0.2) is 40.9 Å². The summed E-state index contributed by atoms with van der Waals surface area (Å²) in [6, 6.07) is 13.2. The summed E-state index contributed by atoms with van der Waals surface area (Å²) < 4.78 is 1.62. The number of thiophene rings is 1. The number of hydrogen-bond acceptors (Lipinski definition) is 3. The van der Waals surface area contributed by atoms with E-state index in [9.17, 15) is 4.79 Å². The summed E-state index contributed by atoms with van der Waals surface area (Å²) in [4.78, 5) is 11.6. The molecule has 0 unspecified atom stereocenters. The number of rotatable bonds is 6. The van der Waals surface area contributed by atoms with Gasteiger partial charge in [0.15, 0.2) is 0 Å². The number of benzene rings is 1. The van der Waals surface area contributed by atoms with Crippen LogP contribution in [0.4, 0.5) is 9.80 Å². The Balaban J connectivity index is 0.000000370. The van der Waals surface area contributed by atoms with Crippen molar-refractivity contribution >= 4 is 49.9 Å². The van der Waals surface area contributed by atoms with Gasteiger partial charge >= 0.3 is 6.03 Å². The molecule has 7 heteroatoms. The maximum atomic E-state index is 11.6. The van der Waals surface area contributed by atoms with Gasteiger partial charge in [-0.1, -0.05) is 71.9 Å². The molecule has 1 heterocycles. The van der Waals surface area contributed by atoms with Crippen LogP contribution in [0.5, 0.6) is 0 Å². The number of nitriles is 1. The number of urea groups is 1. The number of hydrogen-bond donors (Lipinski definition) is 2. The zero-order chi connectivity index (χ0) is 18.5. The SMILES string of the molecule is Brc1ccccc1.CCCCCCNC(=O)Nc1sc(Cl)cc1C#N. The second-order valence-corrected chi connectivity index (χ2v) is 7.74. The van der Waals surface area contributed by atoms with Gasteiger partial charge in [-0.15, -0.1) is 11.3 Å². The summed E-state index contributed by atoms with van der Waals surface area (Å²) >= 11 is 10.3. The first-order valence-corrected chi connectivity index (χ1v) is 10.0. The molecule has 2 amide bonds. The number of amides is 2. The average Bonchev–Trinajstić information content (AvgIpc) is 2.95. The van der Waals surface area contributed by atoms with Crippen LogP contribution in [0.1, 0.15) is 38.2 Å². The minimum atomic E-state index is -0.290. The largest absolute Gasteiger partial charge is 0.338 e. The minimum absolute atomic E-state index is 0.290. The van der Waals surface area contributed by atoms with E-state index >= 15 is 0 Å². The number of anilines is 1. The van der Waals surface area contributed by atoms with Gasteiger partial charge in [-0.25, -0.2) is 4.79 Å². The summed E-state index contributed by atoms with van der Waals surface area (Å²) in [5.74, 6) is 0. The van der Waals surface area contributed by atoms with Crippen LogP contribution in [0, 0.1) is 11.3 Å². The van der Waals surface area contributed by atoms with E-state index in [4.69, 9.17) is 16.9 Å². The quantitative estimate of drug-likeness (QED) is 0.507. The lowest BCUT2D eigenvalue weighted by molar-refractivity contribution is 0.252. The normalized spacial score (nSPS) is 9.52. The van der Waals surface area contributed by atoms with Crippen molar-refractivity contribution in [1.82, 2.24) is 5.32 Å². The lowest BCUT2D eigenvalue weighted by Crippen LogP contribution is -2.29. The van der Waals surface area contributed by atoms with Crippen LogP contribution in [-0.4, -0.2) is 12.6 Å². The molecule has 0 fully saturated rings. The Morgan fingerprint density at radius 3 is 2.56 bits per heavy atom. The van der Waals surface area contributed by atoms with Crippen LogP contribution >= 0.6 is 38.9 Å². The van der Waals surface area contributed by atoms with Crippen molar-refractivity contribution in [3.05, 3.63) is 50.8 Å². The fourth-order valence-electron chi connectivity index (χ4n) is 1.85. The lowest BCUT2D eigenvalue weighted by atomic mass is 10.2. The molecular formula is C18H21BrClN3OS. The lowest BCUT2D eigenvalue weighted by Gasteiger charge is -2.05. The molecule has 1 aromatic heterocycles. The maximum absolute atomic E-state index is 11.6. The van der Waals surface area contributed by atoms with Gasteiger partial charge in [-0.2, -0.15) is 5.26 Å². The molecule has 1 aromatic carbocycles. The van der Waals surface area contributed by atoms with E-state index in [0.29, 0.717) is 21.4 Å². The highest BCUT2D eigenvalue weighted by atomic mass is 79.9. The van der Waals surface area contributed by atoms with Crippen LogP contribution in [0.2, 0.25) is 4.34 Å². The summed E-state index contributed by atoms with van der Waals surface area (Å²) in [6.45, 7) is 2.79. The van der Waals surface area contributed by atoms with Crippen molar-refractivity contribution in [2.75, 3.05) is 11.9 Å². The van der Waals surface area contributed by atoms with Crippen LogP contribution in [-0.2, 0) is 0 Å². The number of nitrogens with zero attached hydrogens (tertiary/aromatic N) is 1. The van der Waals surface area contributed by atoms with Crippen LogP contribution in [0.3, 0.4) is 0 Å². The molecule has 25 heavy (non-hydrogen) atoms. The molecule has 0 bridgehead atoms. The first kappa shape index (κ1) is 21.5. The Hall–Kier alpha value is -1.55. The topological polar surface area (TPSA) is 64.9 Å². The molecule has 0 saturated heterocycles. The highest BCUT2D eigenvalue weighted by Crippen LogP contribution is 2.30. The van der Waals surface area contributed by atoms with Gasteiger partial charge in [0.05, 0.1) is 9.90 Å². The first-order valence-electron chi connectivity index (χ1n) is 8.01. The van der Waals surface area contributed by atoms with E-state index in [-0.39, 0.29) is 6.03 Å². The van der Waals surface area contributed by atoms with E-state index in [2.05, 4.69) is 33.5 Å². The van der Waals surface area contributed by atoms with Crippen molar-refractivity contribution in [2.24, 2.45) is 0 Å². The first-order chi connectivity index (χ1) is 12.1. The molecule has 2 N–H and O–H groups in total. The molecule has 2 aromatic rings. The highest BCUT2D eigenvalue weighted by molar-refractivity contribution is 9.10.